The van der Waals surface area contributed by atoms with Crippen molar-refractivity contribution in [2.75, 3.05) is 6.54 Å². The minimum absolute atomic E-state index is 0.210. The van der Waals surface area contributed by atoms with Crippen LogP contribution in [0, 0.1) is 23.2 Å². The smallest absolute Gasteiger partial charge is 0.250 e. The lowest BCUT2D eigenvalue weighted by Crippen LogP contribution is -2.52. The van der Waals surface area contributed by atoms with Gasteiger partial charge < -0.3 is 14.6 Å². The number of nitrogens with two attached hydrogens (primary N) is 1. The first-order chi connectivity index (χ1) is 17.9. The molecule has 3 nitrogen and oxygen atoms in total. The first-order valence-electron chi connectivity index (χ1n) is 16.1. The van der Waals surface area contributed by atoms with Crippen LogP contribution in [0.5, 0.6) is 5.75 Å². The maximum atomic E-state index is 7.25. The second-order valence-electron chi connectivity index (χ2n) is 16.8. The van der Waals surface area contributed by atoms with E-state index >= 15 is 0 Å². The van der Waals surface area contributed by atoms with Crippen LogP contribution in [-0.2, 0) is 10.8 Å². The van der Waals surface area contributed by atoms with Gasteiger partial charge in [0, 0.05) is 0 Å². The molecule has 0 unspecified atom stereocenters. The van der Waals surface area contributed by atoms with E-state index in [9.17, 15) is 0 Å². The van der Waals surface area contributed by atoms with Gasteiger partial charge in [-0.2, -0.15) is 0 Å². The number of hydrogen-bond acceptors (Lipinski definition) is 3. The van der Waals surface area contributed by atoms with Crippen molar-refractivity contribution < 1.29 is 8.85 Å². The summed E-state index contributed by atoms with van der Waals surface area (Å²) < 4.78 is 14.0. The zero-order valence-corrected chi connectivity index (χ0v) is 29.4. The molecule has 5 heteroatoms. The number of benzene rings is 1. The van der Waals surface area contributed by atoms with Crippen molar-refractivity contribution in [1.82, 2.24) is 0 Å². The van der Waals surface area contributed by atoms with E-state index in [1.165, 1.54) is 44.9 Å². The van der Waals surface area contributed by atoms with E-state index in [4.69, 9.17) is 14.6 Å². The predicted molar refractivity (Wildman–Crippen MR) is 173 cm³/mol. The molecule has 2 saturated carbocycles. The van der Waals surface area contributed by atoms with Gasteiger partial charge in [-0.05, 0) is 140 Å². The molecule has 0 aromatic heterocycles. The first kappa shape index (κ1) is 31.3. The van der Waals surface area contributed by atoms with Crippen molar-refractivity contribution in [3.05, 3.63) is 29.3 Å². The van der Waals surface area contributed by atoms with E-state index in [1.54, 1.807) is 11.1 Å². The number of rotatable bonds is 8. The Labute approximate surface area is 243 Å². The Hall–Kier alpha value is -0.626. The lowest BCUT2D eigenvalue weighted by Gasteiger charge is -2.55. The van der Waals surface area contributed by atoms with Crippen molar-refractivity contribution in [3.8, 4) is 5.75 Å². The molecule has 0 bridgehead atoms. The molecule has 2 fully saturated rings. The monoisotopic (exact) mass is 571 g/mol. The van der Waals surface area contributed by atoms with Crippen LogP contribution >= 0.6 is 0 Å². The van der Waals surface area contributed by atoms with Gasteiger partial charge in [-0.3, -0.25) is 0 Å². The highest BCUT2D eigenvalue weighted by molar-refractivity contribution is 6.75. The van der Waals surface area contributed by atoms with E-state index < -0.39 is 16.6 Å². The lowest BCUT2D eigenvalue weighted by molar-refractivity contribution is -0.0449. The maximum Gasteiger partial charge on any atom is 0.250 e. The van der Waals surface area contributed by atoms with Crippen LogP contribution in [0.1, 0.15) is 110 Å². The van der Waals surface area contributed by atoms with Crippen molar-refractivity contribution in [3.63, 3.8) is 0 Å². The Morgan fingerprint density at radius 1 is 0.923 bits per heavy atom. The van der Waals surface area contributed by atoms with E-state index in [1.807, 2.05) is 0 Å². The number of aryl methyl sites for hydroxylation is 1. The molecule has 0 heterocycles. The van der Waals surface area contributed by atoms with E-state index in [-0.39, 0.29) is 10.1 Å². The minimum Gasteiger partial charge on any atom is -0.543 e. The van der Waals surface area contributed by atoms with Crippen molar-refractivity contribution in [2.24, 2.45) is 28.9 Å². The molecule has 2 N–H and O–H groups in total. The molecule has 222 valence electrons. The summed E-state index contributed by atoms with van der Waals surface area (Å²) in [6, 6.07) is 7.21. The standard InChI is InChI=1S/C34H61NO2Si2/c1-32(2,3)38(8,9)36-26-16-18-27-24(22-26)15-17-28-29-19-20-30(37-39(10,11)33(4,5)6)34(29,7)23-25(31(27)28)14-12-13-21-35/h16,18,22,25,28-31H,12-15,17,19-21,23,35H2,1-11H3/t25-,28-,29-,30-,31+,34-/m0/s1. The fourth-order valence-corrected chi connectivity index (χ4v) is 10.4. The third-order valence-electron chi connectivity index (χ3n) is 12.2. The normalized spacial score (nSPS) is 31.4. The van der Waals surface area contributed by atoms with Crippen molar-refractivity contribution >= 4 is 16.6 Å². The molecule has 0 aliphatic heterocycles. The Kier molecular flexibility index (Phi) is 8.75. The van der Waals surface area contributed by atoms with Crippen LogP contribution in [0.15, 0.2) is 18.2 Å². The Morgan fingerprint density at radius 3 is 2.21 bits per heavy atom. The molecule has 0 spiro atoms. The van der Waals surface area contributed by atoms with Gasteiger partial charge in [-0.15, -0.1) is 0 Å². The van der Waals surface area contributed by atoms with E-state index in [0.717, 1.165) is 36.5 Å². The average molecular weight is 572 g/mol. The van der Waals surface area contributed by atoms with Crippen LogP contribution in [0.4, 0.5) is 0 Å². The van der Waals surface area contributed by atoms with Gasteiger partial charge in [0.05, 0.1) is 6.10 Å². The summed E-state index contributed by atoms with van der Waals surface area (Å²) in [4.78, 5) is 0. The third-order valence-corrected chi connectivity index (χ3v) is 21.0. The lowest BCUT2D eigenvalue weighted by atomic mass is 9.51. The van der Waals surface area contributed by atoms with Gasteiger partial charge in [0.15, 0.2) is 8.32 Å². The molecular formula is C34H61NO2Si2. The van der Waals surface area contributed by atoms with Crippen LogP contribution in [0.2, 0.25) is 36.3 Å². The quantitative estimate of drug-likeness (QED) is 0.249. The van der Waals surface area contributed by atoms with Gasteiger partial charge in [-0.25, -0.2) is 0 Å². The topological polar surface area (TPSA) is 44.5 Å². The summed E-state index contributed by atoms with van der Waals surface area (Å²) in [5, 5.41) is 0.467. The molecule has 0 saturated heterocycles. The molecule has 1 aromatic rings. The number of unbranched alkanes of at least 4 members (excludes halogenated alkanes) is 1. The molecule has 1 aromatic carbocycles. The van der Waals surface area contributed by atoms with Crippen molar-refractivity contribution in [1.29, 1.82) is 0 Å². The zero-order chi connectivity index (χ0) is 29.0. The fourth-order valence-electron chi connectivity index (χ4n) is 7.89. The molecule has 4 rings (SSSR count). The van der Waals surface area contributed by atoms with E-state index in [2.05, 4.69) is 92.9 Å². The second kappa shape index (κ2) is 10.9. The van der Waals surface area contributed by atoms with E-state index in [0.29, 0.717) is 17.4 Å². The summed E-state index contributed by atoms with van der Waals surface area (Å²) in [5.74, 6) is 4.05. The van der Waals surface area contributed by atoms with Gasteiger partial charge in [0.1, 0.15) is 5.75 Å². The molecule has 6 atom stereocenters. The Bertz CT molecular complexity index is 1010. The summed E-state index contributed by atoms with van der Waals surface area (Å²) in [6.45, 7) is 27.2. The maximum absolute atomic E-state index is 7.25. The predicted octanol–water partition coefficient (Wildman–Crippen LogP) is 9.67. The summed E-state index contributed by atoms with van der Waals surface area (Å²) in [6.07, 6.45) is 10.5. The number of hydrogen-bond donors (Lipinski definition) is 1. The van der Waals surface area contributed by atoms with Crippen LogP contribution < -0.4 is 10.2 Å². The van der Waals surface area contributed by atoms with Gasteiger partial charge in [0.25, 0.3) is 0 Å². The highest BCUT2D eigenvalue weighted by atomic mass is 28.4. The molecule has 3 aliphatic carbocycles. The summed E-state index contributed by atoms with van der Waals surface area (Å²) >= 11 is 0. The van der Waals surface area contributed by atoms with Gasteiger partial charge in [-0.1, -0.05) is 61.0 Å². The van der Waals surface area contributed by atoms with Gasteiger partial charge in [0.2, 0.25) is 8.32 Å². The fraction of sp³-hybridized carbons (Fsp3) is 0.824. The van der Waals surface area contributed by atoms with Gasteiger partial charge >= 0.3 is 0 Å². The molecule has 39 heavy (non-hydrogen) atoms. The molecule has 0 radical (unpaired) electrons. The molecular weight excluding hydrogens is 511 g/mol. The Balaban J connectivity index is 1.64. The largest absolute Gasteiger partial charge is 0.543 e. The highest BCUT2D eigenvalue weighted by Gasteiger charge is 2.59. The second-order valence-corrected chi connectivity index (χ2v) is 26.2. The highest BCUT2D eigenvalue weighted by Crippen LogP contribution is 2.65. The summed E-state index contributed by atoms with van der Waals surface area (Å²) in [7, 11) is -3.67. The first-order valence-corrected chi connectivity index (χ1v) is 21.9. The molecule has 3 aliphatic rings. The van der Waals surface area contributed by atoms with Crippen LogP contribution in [0.25, 0.3) is 0 Å². The molecule has 0 amide bonds. The summed E-state index contributed by atoms with van der Waals surface area (Å²) in [5.41, 5.74) is 9.47. The minimum atomic E-state index is -1.85. The van der Waals surface area contributed by atoms with Crippen LogP contribution in [0.3, 0.4) is 0 Å². The average Bonchev–Trinajstić information content (AvgIpc) is 3.12. The Morgan fingerprint density at radius 2 is 1.59 bits per heavy atom. The third kappa shape index (κ3) is 5.99. The number of fused-ring (bicyclic) bond motifs is 5. The van der Waals surface area contributed by atoms with Crippen LogP contribution in [-0.4, -0.2) is 29.3 Å². The van der Waals surface area contributed by atoms with Crippen molar-refractivity contribution in [2.45, 2.75) is 148 Å². The zero-order valence-electron chi connectivity index (χ0n) is 27.4. The SMILES string of the molecule is CC(C)(C)[Si](C)(C)Oc1ccc2c(c1)CC[C@@H]1[C@@H]2[C@@H](CCCCN)C[C@]2(C)[C@@H](O[Si](C)(C)C(C)(C)C)CC[C@@H]12.